The molecule has 0 saturated carbocycles. The molecule has 0 aromatic heterocycles. The Morgan fingerprint density at radius 1 is 0.462 bits per heavy atom. The summed E-state index contributed by atoms with van der Waals surface area (Å²) in [7, 11) is 0. The van der Waals surface area contributed by atoms with Gasteiger partial charge in [0.2, 0.25) is 0 Å². The van der Waals surface area contributed by atoms with Crippen LogP contribution in [-0.2, 0) is 35.0 Å². The van der Waals surface area contributed by atoms with Crippen LogP contribution in [0.15, 0.2) is 36.4 Å². The molecule has 1 aromatic rings. The average Bonchev–Trinajstić information content (AvgIpc) is 2.29. The second-order valence-electron chi connectivity index (χ2n) is 1.15. The summed E-state index contributed by atoms with van der Waals surface area (Å²) in [5.74, 6) is 0. The van der Waals surface area contributed by atoms with Gasteiger partial charge in [0.25, 0.3) is 0 Å². The molecule has 0 atom stereocenters. The first-order chi connectivity index (χ1) is 6.00. The van der Waals surface area contributed by atoms with Gasteiger partial charge in [-0.2, -0.15) is 0 Å². The molecule has 0 heterocycles. The molecule has 13 heavy (non-hydrogen) atoms. The van der Waals surface area contributed by atoms with E-state index in [1.54, 1.807) is 0 Å². The van der Waals surface area contributed by atoms with E-state index >= 15 is 0 Å². The van der Waals surface area contributed by atoms with E-state index in [1.807, 2.05) is 36.4 Å². The van der Waals surface area contributed by atoms with Gasteiger partial charge in [-0.3, -0.25) is 0 Å². The Hall–Kier alpha value is -0.872. The molecule has 0 aliphatic carbocycles. The second-order valence-corrected chi connectivity index (χ2v) is 1.15. The van der Waals surface area contributed by atoms with Gasteiger partial charge in [-0.25, -0.2) is 0 Å². The quantitative estimate of drug-likeness (QED) is 0.506. The Kier molecular flexibility index (Phi) is 75.9. The van der Waals surface area contributed by atoms with E-state index in [0.29, 0.717) is 0 Å². The van der Waals surface area contributed by atoms with Gasteiger partial charge in [-0.15, -0.1) is 0 Å². The fourth-order valence-corrected chi connectivity index (χ4v) is 0.385. The van der Waals surface area contributed by atoms with Crippen LogP contribution in [0.25, 0.3) is 0 Å². The number of hydrogen-bond donors (Lipinski definition) is 0. The predicted octanol–water partition coefficient (Wildman–Crippen LogP) is 1.57. The Balaban J connectivity index is -0.0000000508. The maximum atomic E-state index is 7.50. The Bertz CT molecular complexity index is 162. The van der Waals surface area contributed by atoms with Crippen molar-refractivity contribution < 1.29 is 35.0 Å². The smallest absolute Gasteiger partial charge is 0 e. The van der Waals surface area contributed by atoms with E-state index < -0.39 is 0 Å². The normalized spacial score (nSPS) is 4.15. The molecule has 0 amide bonds. The van der Waals surface area contributed by atoms with E-state index in [9.17, 15) is 0 Å². The van der Waals surface area contributed by atoms with E-state index in [-0.39, 0.29) is 21.1 Å². The largest absolute Gasteiger partial charge is 0.0623 e. The Morgan fingerprint density at radius 3 is 0.615 bits per heavy atom. The summed E-state index contributed by atoms with van der Waals surface area (Å²) >= 11 is 0. The van der Waals surface area contributed by atoms with Crippen molar-refractivity contribution in [3.63, 3.8) is 0 Å². The average molecular weight is 346 g/mol. The molecular weight excluding hydrogens is 340 g/mol. The van der Waals surface area contributed by atoms with Crippen LogP contribution >= 0.6 is 0 Å². The zero-order valence-corrected chi connectivity index (χ0v) is 9.53. The van der Waals surface area contributed by atoms with Crippen LogP contribution in [0.3, 0.4) is 0 Å². The molecule has 0 spiro atoms. The van der Waals surface area contributed by atoms with E-state index in [4.69, 9.17) is 14.0 Å². The molecule has 0 N–H and O–H groups in total. The van der Waals surface area contributed by atoms with Gasteiger partial charge in [0.05, 0.1) is 0 Å². The van der Waals surface area contributed by atoms with Crippen molar-refractivity contribution in [1.82, 2.24) is 0 Å². The molecule has 3 nitrogen and oxygen atoms in total. The minimum absolute atomic E-state index is 0. The van der Waals surface area contributed by atoms with Crippen LogP contribution in [-0.4, -0.2) is 0 Å². The molecule has 66 valence electrons. The third-order valence-electron chi connectivity index (χ3n) is 0.667. The topological polar surface area (TPSA) is 59.7 Å². The van der Waals surface area contributed by atoms with Crippen LogP contribution in [0.2, 0.25) is 0 Å². The fraction of sp³-hybridized carbons (Fsp3) is 0. The van der Waals surface area contributed by atoms with Gasteiger partial charge in [0.15, 0.2) is 0 Å². The first kappa shape index (κ1) is 22.7. The van der Waals surface area contributed by atoms with Crippen LogP contribution in [0.5, 0.6) is 0 Å². The van der Waals surface area contributed by atoms with Crippen molar-refractivity contribution in [3.05, 3.63) is 56.3 Å². The summed E-state index contributed by atoms with van der Waals surface area (Å²) in [4.78, 5) is 0. The molecule has 1 aromatic carbocycles. The van der Waals surface area contributed by atoms with Gasteiger partial charge in [0, 0.05) is 21.1 Å². The van der Waals surface area contributed by atoms with Crippen LogP contribution in [0.1, 0.15) is 0 Å². The van der Waals surface area contributed by atoms with Crippen LogP contribution in [0, 0.1) is 20.0 Å². The van der Waals surface area contributed by atoms with Gasteiger partial charge in [0.1, 0.15) is 0 Å². The van der Waals surface area contributed by atoms with Gasteiger partial charge in [-0.1, -0.05) is 36.4 Å². The van der Waals surface area contributed by atoms with E-state index in [1.165, 1.54) is 0 Å². The first-order valence-electron chi connectivity index (χ1n) is 2.61. The minimum Gasteiger partial charge on any atom is -0.0623 e. The molecule has 0 unspecified atom stereocenters. The van der Waals surface area contributed by atoms with Gasteiger partial charge >= 0.3 is 33.9 Å². The molecule has 0 saturated heterocycles. The number of rotatable bonds is 0. The van der Waals surface area contributed by atoms with Crippen molar-refractivity contribution in [1.29, 1.82) is 0 Å². The summed E-state index contributed by atoms with van der Waals surface area (Å²) in [5, 5.41) is 0. The van der Waals surface area contributed by atoms with Crippen LogP contribution in [0.4, 0.5) is 0 Å². The van der Waals surface area contributed by atoms with Crippen molar-refractivity contribution in [2.75, 3.05) is 0 Å². The standard InChI is InChI=1S/C6H6.3CO.W/c1-2-4-6-5-3-1;3*1-2;/h1-6H;;;;. The second kappa shape index (κ2) is 43.4. The minimum atomic E-state index is 0. The molecular formula is C9H6O3W. The molecule has 0 aliphatic heterocycles. The first-order valence-corrected chi connectivity index (χ1v) is 2.61. The van der Waals surface area contributed by atoms with E-state index in [0.717, 1.165) is 0 Å². The SMILES string of the molecule is [C-]#[O+].[C-]#[O+].[C-]#[O+].[W].c1ccccc1. The van der Waals surface area contributed by atoms with Gasteiger partial charge < -0.3 is 0 Å². The molecule has 0 fully saturated rings. The summed E-state index contributed by atoms with van der Waals surface area (Å²) in [5.41, 5.74) is 0. The molecule has 0 bridgehead atoms. The third-order valence-corrected chi connectivity index (χ3v) is 0.667. The zero-order valence-electron chi connectivity index (χ0n) is 6.60. The number of benzene rings is 1. The summed E-state index contributed by atoms with van der Waals surface area (Å²) in [6.45, 7) is 13.5. The zero-order chi connectivity index (χ0) is 10.2. The summed E-state index contributed by atoms with van der Waals surface area (Å²) in [6.07, 6.45) is 0. The van der Waals surface area contributed by atoms with Gasteiger partial charge in [-0.05, 0) is 0 Å². The van der Waals surface area contributed by atoms with Crippen molar-refractivity contribution >= 4 is 0 Å². The van der Waals surface area contributed by atoms with Crippen molar-refractivity contribution in [3.8, 4) is 0 Å². The molecule has 1 rings (SSSR count). The maximum Gasteiger partial charge on any atom is 0 e. The molecule has 4 heteroatoms. The fourth-order valence-electron chi connectivity index (χ4n) is 0.385. The van der Waals surface area contributed by atoms with E-state index in [2.05, 4.69) is 20.0 Å². The summed E-state index contributed by atoms with van der Waals surface area (Å²) < 4.78 is 22.5. The Morgan fingerprint density at radius 2 is 0.538 bits per heavy atom. The predicted molar refractivity (Wildman–Crippen MR) is 38.2 cm³/mol. The summed E-state index contributed by atoms with van der Waals surface area (Å²) in [6, 6.07) is 12.0. The Labute approximate surface area is 91.6 Å². The van der Waals surface area contributed by atoms with Crippen molar-refractivity contribution in [2.24, 2.45) is 0 Å². The van der Waals surface area contributed by atoms with Crippen molar-refractivity contribution in [2.45, 2.75) is 0 Å². The maximum absolute atomic E-state index is 7.50. The third kappa shape index (κ3) is 35.3. The number of hydrogen-bond acceptors (Lipinski definition) is 0. The molecule has 0 aliphatic rings. The van der Waals surface area contributed by atoms with Crippen LogP contribution < -0.4 is 0 Å². The monoisotopic (exact) mass is 346 g/mol. The molecule has 0 radical (unpaired) electrons.